The van der Waals surface area contributed by atoms with Gasteiger partial charge in [0.2, 0.25) is 0 Å². The highest BCUT2D eigenvalue weighted by Gasteiger charge is 1.98. The zero-order valence-electron chi connectivity index (χ0n) is 5.35. The molecule has 0 saturated heterocycles. The second-order valence-corrected chi connectivity index (χ2v) is 2.80. The second-order valence-electron chi connectivity index (χ2n) is 1.85. The van der Waals surface area contributed by atoms with Crippen LogP contribution in [-0.2, 0) is 0 Å². The first-order valence-corrected chi connectivity index (χ1v) is 3.78. The van der Waals surface area contributed by atoms with Crippen LogP contribution in [-0.4, -0.2) is 10.2 Å². The number of thiophene rings is 1. The highest BCUT2D eigenvalue weighted by atomic mass is 32.1. The molecule has 0 atom stereocenters. The molecule has 5 heteroatoms. The highest BCUT2D eigenvalue weighted by molar-refractivity contribution is 7.13. The van der Waals surface area contributed by atoms with Gasteiger partial charge in [-0.15, -0.1) is 21.5 Å². The van der Waals surface area contributed by atoms with E-state index in [1.54, 1.807) is 0 Å². The molecule has 11 heavy (non-hydrogen) atoms. The maximum absolute atomic E-state index is 10.4. The molecule has 0 radical (unpaired) electrons. The van der Waals surface area contributed by atoms with Gasteiger partial charge in [-0.05, 0) is 11.4 Å². The molecule has 0 aliphatic carbocycles. The van der Waals surface area contributed by atoms with Crippen molar-refractivity contribution in [1.29, 1.82) is 0 Å². The third kappa shape index (κ3) is 1.10. The lowest BCUT2D eigenvalue weighted by Gasteiger charge is -1.90. The van der Waals surface area contributed by atoms with Crippen molar-refractivity contribution in [3.05, 3.63) is 17.5 Å². The van der Waals surface area contributed by atoms with Crippen molar-refractivity contribution in [1.82, 2.24) is 10.2 Å². The van der Waals surface area contributed by atoms with Gasteiger partial charge < -0.3 is 9.52 Å². The molecule has 0 aliphatic heterocycles. The lowest BCUT2D eigenvalue weighted by atomic mass is 10.5. The van der Waals surface area contributed by atoms with Crippen LogP contribution in [0.25, 0.3) is 10.8 Å². The maximum Gasteiger partial charge on any atom is 0.180 e. The summed E-state index contributed by atoms with van der Waals surface area (Å²) in [7, 11) is 0. The van der Waals surface area contributed by atoms with Crippen LogP contribution in [0.3, 0.4) is 0 Å². The molecule has 0 aromatic carbocycles. The molecular formula is C6H3N2O2S-. The summed E-state index contributed by atoms with van der Waals surface area (Å²) in [5, 5.41) is 19.1. The van der Waals surface area contributed by atoms with E-state index >= 15 is 0 Å². The monoisotopic (exact) mass is 167 g/mol. The molecule has 0 aliphatic rings. The topological polar surface area (TPSA) is 62.0 Å². The number of hydrogen-bond donors (Lipinski definition) is 0. The van der Waals surface area contributed by atoms with Crippen LogP contribution in [0.4, 0.5) is 0 Å². The molecule has 0 fully saturated rings. The molecular weight excluding hydrogens is 164 g/mol. The summed E-state index contributed by atoms with van der Waals surface area (Å²) < 4.78 is 4.66. The second kappa shape index (κ2) is 2.35. The third-order valence-electron chi connectivity index (χ3n) is 1.14. The maximum atomic E-state index is 10.4. The molecule has 0 amide bonds. The Balaban J connectivity index is 2.45. The molecule has 2 heterocycles. The summed E-state index contributed by atoms with van der Waals surface area (Å²) in [5.41, 5.74) is 0. The predicted molar refractivity (Wildman–Crippen MR) is 37.1 cm³/mol. The molecule has 0 saturated carbocycles. The van der Waals surface area contributed by atoms with E-state index in [0.29, 0.717) is 5.89 Å². The van der Waals surface area contributed by atoms with E-state index in [4.69, 9.17) is 0 Å². The van der Waals surface area contributed by atoms with Gasteiger partial charge >= 0.3 is 0 Å². The first kappa shape index (κ1) is 6.36. The van der Waals surface area contributed by atoms with Crippen molar-refractivity contribution in [2.24, 2.45) is 0 Å². The third-order valence-corrected chi connectivity index (χ3v) is 2.00. The summed E-state index contributed by atoms with van der Waals surface area (Å²) in [5.74, 6) is 0.296. The summed E-state index contributed by atoms with van der Waals surface area (Å²) in [6.07, 6.45) is -0.645. The molecule has 0 spiro atoms. The van der Waals surface area contributed by atoms with Gasteiger partial charge in [0.1, 0.15) is 5.89 Å². The average Bonchev–Trinajstić information content (AvgIpc) is 2.55. The van der Waals surface area contributed by atoms with Gasteiger partial charge in [0.15, 0.2) is 6.08 Å². The minimum Gasteiger partial charge on any atom is -0.547 e. The molecule has 56 valence electrons. The fourth-order valence-electron chi connectivity index (χ4n) is 0.710. The fraction of sp³-hybridized carbons (Fsp3) is 0. The SMILES string of the molecule is [O-]c1nnc(-c2cccs2)o1. The highest BCUT2D eigenvalue weighted by Crippen LogP contribution is 2.23. The van der Waals surface area contributed by atoms with E-state index < -0.39 is 6.08 Å². The van der Waals surface area contributed by atoms with Gasteiger partial charge in [-0.25, -0.2) is 0 Å². The number of nitrogens with zero attached hydrogens (tertiary/aromatic N) is 2. The van der Waals surface area contributed by atoms with Gasteiger partial charge in [-0.3, -0.25) is 0 Å². The van der Waals surface area contributed by atoms with Crippen molar-refractivity contribution >= 4 is 11.3 Å². The van der Waals surface area contributed by atoms with Crippen molar-refractivity contribution in [3.8, 4) is 16.8 Å². The largest absolute Gasteiger partial charge is 0.547 e. The summed E-state index contributed by atoms with van der Waals surface area (Å²) in [6.45, 7) is 0. The van der Waals surface area contributed by atoms with Gasteiger partial charge in [0.05, 0.1) is 4.88 Å². The standard InChI is InChI=1S/C6H4N2O2S/c9-6-8-7-5(10-6)4-2-1-3-11-4/h1-3H,(H,8,9)/p-1. The van der Waals surface area contributed by atoms with Gasteiger partial charge in [0.25, 0.3) is 0 Å². The number of rotatable bonds is 1. The molecule has 0 bridgehead atoms. The van der Waals surface area contributed by atoms with Crippen LogP contribution in [0.5, 0.6) is 6.08 Å². The molecule has 2 aromatic heterocycles. The van der Waals surface area contributed by atoms with Gasteiger partial charge in [0, 0.05) is 0 Å². The van der Waals surface area contributed by atoms with Crippen LogP contribution >= 0.6 is 11.3 Å². The van der Waals surface area contributed by atoms with Crippen molar-refractivity contribution in [2.45, 2.75) is 0 Å². The van der Waals surface area contributed by atoms with E-state index in [1.807, 2.05) is 17.5 Å². The van der Waals surface area contributed by atoms with Crippen molar-refractivity contribution < 1.29 is 9.52 Å². The van der Waals surface area contributed by atoms with Crippen LogP contribution in [0.2, 0.25) is 0 Å². The normalized spacial score (nSPS) is 10.2. The Labute approximate surface area is 66.1 Å². The number of aromatic nitrogens is 2. The average molecular weight is 167 g/mol. The number of hydrogen-bond acceptors (Lipinski definition) is 5. The first-order valence-electron chi connectivity index (χ1n) is 2.90. The predicted octanol–water partition coefficient (Wildman–Crippen LogP) is 0.872. The molecule has 0 N–H and O–H groups in total. The van der Waals surface area contributed by atoms with Gasteiger partial charge in [-0.1, -0.05) is 6.07 Å². The van der Waals surface area contributed by atoms with E-state index in [-0.39, 0.29) is 0 Å². The fourth-order valence-corrected chi connectivity index (χ4v) is 1.35. The van der Waals surface area contributed by atoms with Crippen LogP contribution in [0.1, 0.15) is 0 Å². The molecule has 2 rings (SSSR count). The molecule has 4 nitrogen and oxygen atoms in total. The summed E-state index contributed by atoms with van der Waals surface area (Å²) >= 11 is 1.45. The minimum absolute atomic E-state index is 0.296. The quantitative estimate of drug-likeness (QED) is 0.632. The smallest absolute Gasteiger partial charge is 0.180 e. The lowest BCUT2D eigenvalue weighted by Crippen LogP contribution is -1.86. The Bertz CT molecular complexity index is 341. The van der Waals surface area contributed by atoms with Crippen LogP contribution in [0, 0.1) is 0 Å². The van der Waals surface area contributed by atoms with E-state index in [2.05, 4.69) is 14.6 Å². The van der Waals surface area contributed by atoms with Gasteiger partial charge in [-0.2, -0.15) is 0 Å². The molecule has 2 aromatic rings. The first-order chi connectivity index (χ1) is 5.36. The summed E-state index contributed by atoms with van der Waals surface area (Å²) in [4.78, 5) is 0.819. The van der Waals surface area contributed by atoms with Crippen LogP contribution < -0.4 is 5.11 Å². The zero-order chi connectivity index (χ0) is 7.68. The summed E-state index contributed by atoms with van der Waals surface area (Å²) in [6, 6.07) is 3.67. The van der Waals surface area contributed by atoms with Crippen molar-refractivity contribution in [3.63, 3.8) is 0 Å². The van der Waals surface area contributed by atoms with E-state index in [9.17, 15) is 5.11 Å². The Morgan fingerprint density at radius 1 is 1.45 bits per heavy atom. The van der Waals surface area contributed by atoms with E-state index in [0.717, 1.165) is 4.88 Å². The zero-order valence-corrected chi connectivity index (χ0v) is 6.17. The Morgan fingerprint density at radius 2 is 2.36 bits per heavy atom. The van der Waals surface area contributed by atoms with Crippen LogP contribution in [0.15, 0.2) is 21.9 Å². The lowest BCUT2D eigenvalue weighted by molar-refractivity contribution is -0.300. The minimum atomic E-state index is -0.645. The van der Waals surface area contributed by atoms with Crippen molar-refractivity contribution in [2.75, 3.05) is 0 Å². The Hall–Kier alpha value is -1.36. The molecule has 0 unspecified atom stereocenters. The Morgan fingerprint density at radius 3 is 2.91 bits per heavy atom. The Kier molecular flexibility index (Phi) is 1.36. The van der Waals surface area contributed by atoms with E-state index in [1.165, 1.54) is 11.3 Å².